The number of nitrogen functional groups attached to an aromatic ring is 1. The van der Waals surface area contributed by atoms with Gasteiger partial charge in [-0.1, -0.05) is 61.1 Å². The third kappa shape index (κ3) is 5.93. The molecule has 0 bridgehead atoms. The first-order valence-electron chi connectivity index (χ1n) is 10.8. The van der Waals surface area contributed by atoms with Crippen LogP contribution in [0.4, 0.5) is 5.69 Å². The largest absolute Gasteiger partial charge is 0.491 e. The molecule has 0 saturated carbocycles. The van der Waals surface area contributed by atoms with Crippen molar-refractivity contribution in [1.82, 2.24) is 0 Å². The Bertz CT molecular complexity index is 1230. The monoisotopic (exact) mass is 509 g/mol. The van der Waals surface area contributed by atoms with Crippen LogP contribution in [0.5, 0.6) is 11.5 Å². The molecule has 0 aromatic heterocycles. The minimum atomic E-state index is 0.166. The smallest absolute Gasteiger partial charge is 0.153 e. The molecular formula is C26H24ClN3O2S2. The summed E-state index contributed by atoms with van der Waals surface area (Å²) in [4.78, 5) is 3.11. The molecule has 8 heteroatoms. The van der Waals surface area contributed by atoms with Crippen molar-refractivity contribution < 1.29 is 9.47 Å². The number of rotatable bonds is 10. The third-order valence-electron chi connectivity index (χ3n) is 4.61. The predicted octanol–water partition coefficient (Wildman–Crippen LogP) is 7.55. The van der Waals surface area contributed by atoms with Crippen LogP contribution in [0.2, 0.25) is 5.02 Å². The molecule has 3 aromatic rings. The zero-order valence-electron chi connectivity index (χ0n) is 18.9. The standard InChI is InChI=1S/C26H24ClN3O2S2/c1-3-13-31-23-19(15-28)20(16-29)24(32-14-4-2)26(34-22-8-6-5-7-21(22)30)25(23)33-18-11-9-17(27)10-12-18/h5-12H,3-4,13-14,30H2,1-2H3. The van der Waals surface area contributed by atoms with E-state index < -0.39 is 0 Å². The summed E-state index contributed by atoms with van der Waals surface area (Å²) < 4.78 is 12.2. The first-order chi connectivity index (χ1) is 16.5. The molecule has 0 atom stereocenters. The molecule has 0 aliphatic rings. The Hall–Kier alpha value is -2.97. The summed E-state index contributed by atoms with van der Waals surface area (Å²) in [6, 6.07) is 19.3. The number of para-hydroxylation sites is 1. The van der Waals surface area contributed by atoms with E-state index in [1.807, 2.05) is 62.4 Å². The lowest BCUT2D eigenvalue weighted by atomic mass is 10.1. The van der Waals surface area contributed by atoms with Gasteiger partial charge in [-0.2, -0.15) is 10.5 Å². The number of anilines is 1. The van der Waals surface area contributed by atoms with Gasteiger partial charge in [0.05, 0.1) is 23.0 Å². The molecule has 0 amide bonds. The molecule has 0 radical (unpaired) electrons. The minimum Gasteiger partial charge on any atom is -0.491 e. The van der Waals surface area contributed by atoms with Crippen molar-refractivity contribution >= 4 is 40.8 Å². The van der Waals surface area contributed by atoms with E-state index in [1.165, 1.54) is 23.5 Å². The second-order valence-corrected chi connectivity index (χ2v) is 9.76. The Kier molecular flexibility index (Phi) is 9.42. The molecule has 5 nitrogen and oxygen atoms in total. The molecule has 0 aliphatic heterocycles. The van der Waals surface area contributed by atoms with E-state index in [4.69, 9.17) is 26.8 Å². The zero-order chi connectivity index (χ0) is 24.5. The molecule has 174 valence electrons. The van der Waals surface area contributed by atoms with Gasteiger partial charge in [-0.05, 0) is 49.2 Å². The minimum absolute atomic E-state index is 0.166. The van der Waals surface area contributed by atoms with E-state index in [0.29, 0.717) is 45.2 Å². The second kappa shape index (κ2) is 12.5. The Morgan fingerprint density at radius 2 is 1.35 bits per heavy atom. The third-order valence-corrected chi connectivity index (χ3v) is 7.28. The Morgan fingerprint density at radius 3 is 1.85 bits per heavy atom. The van der Waals surface area contributed by atoms with Gasteiger partial charge in [0.1, 0.15) is 23.3 Å². The number of hydrogen-bond donors (Lipinski definition) is 1. The fourth-order valence-electron chi connectivity index (χ4n) is 3.05. The van der Waals surface area contributed by atoms with Crippen molar-refractivity contribution in [2.24, 2.45) is 0 Å². The van der Waals surface area contributed by atoms with Crippen LogP contribution in [-0.4, -0.2) is 13.2 Å². The molecule has 3 aromatic carbocycles. The first kappa shape index (κ1) is 25.6. The van der Waals surface area contributed by atoms with Gasteiger partial charge in [-0.3, -0.25) is 0 Å². The number of nitrogens with two attached hydrogens (primary N) is 1. The van der Waals surface area contributed by atoms with Crippen molar-refractivity contribution in [3.63, 3.8) is 0 Å². The van der Waals surface area contributed by atoms with E-state index in [0.717, 1.165) is 22.6 Å². The Morgan fingerprint density at radius 1 is 0.824 bits per heavy atom. The first-order valence-corrected chi connectivity index (χ1v) is 12.8. The number of benzene rings is 3. The van der Waals surface area contributed by atoms with Crippen LogP contribution in [0.15, 0.2) is 68.1 Å². The summed E-state index contributed by atoms with van der Waals surface area (Å²) in [5, 5.41) is 20.7. The van der Waals surface area contributed by atoms with E-state index in [1.54, 1.807) is 0 Å². The van der Waals surface area contributed by atoms with Crippen LogP contribution in [0.3, 0.4) is 0 Å². The van der Waals surface area contributed by atoms with Gasteiger partial charge in [-0.25, -0.2) is 0 Å². The van der Waals surface area contributed by atoms with E-state index >= 15 is 0 Å². The molecular weight excluding hydrogens is 486 g/mol. The number of ether oxygens (including phenoxy) is 2. The fourth-order valence-corrected chi connectivity index (χ4v) is 5.36. The summed E-state index contributed by atoms with van der Waals surface area (Å²) in [5.74, 6) is 0.746. The number of nitriles is 2. The van der Waals surface area contributed by atoms with Crippen LogP contribution in [0.1, 0.15) is 37.8 Å². The molecule has 0 fully saturated rings. The number of hydrogen-bond acceptors (Lipinski definition) is 7. The molecule has 0 saturated heterocycles. The maximum Gasteiger partial charge on any atom is 0.153 e. The topological polar surface area (TPSA) is 92.1 Å². The summed E-state index contributed by atoms with van der Waals surface area (Å²) in [6.45, 7) is 4.78. The van der Waals surface area contributed by atoms with Crippen molar-refractivity contribution in [3.05, 3.63) is 64.7 Å². The highest BCUT2D eigenvalue weighted by atomic mass is 35.5. The highest BCUT2D eigenvalue weighted by molar-refractivity contribution is 8.02. The van der Waals surface area contributed by atoms with Gasteiger partial charge >= 0.3 is 0 Å². The quantitative estimate of drug-likeness (QED) is 0.282. The average Bonchev–Trinajstić information content (AvgIpc) is 2.85. The summed E-state index contributed by atoms with van der Waals surface area (Å²) in [5.41, 5.74) is 7.19. The van der Waals surface area contributed by atoms with Crippen molar-refractivity contribution in [2.45, 2.75) is 46.3 Å². The van der Waals surface area contributed by atoms with Gasteiger partial charge in [0.2, 0.25) is 0 Å². The van der Waals surface area contributed by atoms with Crippen LogP contribution < -0.4 is 15.2 Å². The molecule has 0 spiro atoms. The summed E-state index contributed by atoms with van der Waals surface area (Å²) in [6.07, 6.45) is 1.50. The normalized spacial score (nSPS) is 10.4. The average molecular weight is 510 g/mol. The van der Waals surface area contributed by atoms with Crippen molar-refractivity contribution in [3.8, 4) is 23.6 Å². The molecule has 0 aliphatic carbocycles. The fraction of sp³-hybridized carbons (Fsp3) is 0.231. The maximum atomic E-state index is 10.0. The van der Waals surface area contributed by atoms with Gasteiger partial charge in [0.15, 0.2) is 11.5 Å². The van der Waals surface area contributed by atoms with E-state index in [2.05, 4.69) is 12.1 Å². The predicted molar refractivity (Wildman–Crippen MR) is 138 cm³/mol. The lowest BCUT2D eigenvalue weighted by molar-refractivity contribution is 0.293. The van der Waals surface area contributed by atoms with Crippen LogP contribution in [0, 0.1) is 22.7 Å². The van der Waals surface area contributed by atoms with Crippen molar-refractivity contribution in [2.75, 3.05) is 18.9 Å². The van der Waals surface area contributed by atoms with E-state index in [9.17, 15) is 10.5 Å². The summed E-state index contributed by atoms with van der Waals surface area (Å²) in [7, 11) is 0. The molecule has 0 heterocycles. The lowest BCUT2D eigenvalue weighted by Gasteiger charge is -2.22. The Balaban J connectivity index is 2.33. The number of halogens is 1. The number of nitrogens with zero attached hydrogens (tertiary/aromatic N) is 2. The lowest BCUT2D eigenvalue weighted by Crippen LogP contribution is -2.07. The van der Waals surface area contributed by atoms with Gasteiger partial charge < -0.3 is 15.2 Å². The summed E-state index contributed by atoms with van der Waals surface area (Å²) >= 11 is 8.92. The Labute approximate surface area is 213 Å². The van der Waals surface area contributed by atoms with Crippen molar-refractivity contribution in [1.29, 1.82) is 10.5 Å². The van der Waals surface area contributed by atoms with Gasteiger partial charge in [0, 0.05) is 20.5 Å². The molecule has 34 heavy (non-hydrogen) atoms. The van der Waals surface area contributed by atoms with Gasteiger partial charge in [0.25, 0.3) is 0 Å². The highest BCUT2D eigenvalue weighted by Crippen LogP contribution is 2.52. The maximum absolute atomic E-state index is 10.0. The zero-order valence-corrected chi connectivity index (χ0v) is 21.3. The van der Waals surface area contributed by atoms with Crippen LogP contribution in [0.25, 0.3) is 0 Å². The second-order valence-electron chi connectivity index (χ2n) is 7.18. The van der Waals surface area contributed by atoms with Crippen LogP contribution >= 0.6 is 35.1 Å². The van der Waals surface area contributed by atoms with Gasteiger partial charge in [-0.15, -0.1) is 0 Å². The van der Waals surface area contributed by atoms with Crippen LogP contribution in [-0.2, 0) is 0 Å². The van der Waals surface area contributed by atoms with E-state index in [-0.39, 0.29) is 11.1 Å². The SMILES string of the molecule is CCCOc1c(C#N)c(C#N)c(OCCC)c(Sc2ccccc2N)c1Sc1ccc(Cl)cc1. The molecule has 0 unspecified atom stereocenters. The molecule has 3 rings (SSSR count). The highest BCUT2D eigenvalue weighted by Gasteiger charge is 2.28. The molecule has 2 N–H and O–H groups in total.